The Hall–Kier alpha value is -2.35. The van der Waals surface area contributed by atoms with Gasteiger partial charge in [0.25, 0.3) is 5.82 Å². The van der Waals surface area contributed by atoms with Gasteiger partial charge in [0.15, 0.2) is 0 Å². The van der Waals surface area contributed by atoms with Crippen LogP contribution >= 0.6 is 0 Å². The third-order valence-corrected chi connectivity index (χ3v) is 10.8. The van der Waals surface area contributed by atoms with Crippen molar-refractivity contribution in [2.24, 2.45) is 0 Å². The molecule has 0 aliphatic heterocycles. The van der Waals surface area contributed by atoms with Crippen LogP contribution in [-0.4, -0.2) is 4.98 Å². The van der Waals surface area contributed by atoms with Gasteiger partial charge in [-0.3, -0.25) is 0 Å². The first-order valence-corrected chi connectivity index (χ1v) is 20.3. The van der Waals surface area contributed by atoms with E-state index in [0.29, 0.717) is 5.92 Å². The van der Waals surface area contributed by atoms with E-state index in [1.807, 2.05) is 0 Å². The molecule has 0 radical (unpaired) electrons. The number of imidazole rings is 1. The van der Waals surface area contributed by atoms with Gasteiger partial charge in [0.1, 0.15) is 12.4 Å². The Bertz CT molecular complexity index is 1120. The predicted octanol–water partition coefficient (Wildman–Crippen LogP) is 13.6. The monoisotopic (exact) mass is 642 g/mol. The van der Waals surface area contributed by atoms with Crippen molar-refractivity contribution >= 4 is 0 Å². The summed E-state index contributed by atoms with van der Waals surface area (Å²) in [6.07, 6.45) is 37.5. The van der Waals surface area contributed by atoms with E-state index < -0.39 is 0 Å². The van der Waals surface area contributed by atoms with Crippen LogP contribution in [0.1, 0.15) is 191 Å². The second-order valence-corrected chi connectivity index (χ2v) is 14.9. The number of aromatic nitrogens is 2. The maximum Gasteiger partial charge on any atom is 0.258 e. The summed E-state index contributed by atoms with van der Waals surface area (Å²) in [5.41, 5.74) is 2.91. The lowest BCUT2D eigenvalue weighted by Gasteiger charge is -2.37. The van der Waals surface area contributed by atoms with Crippen LogP contribution in [0.15, 0.2) is 73.1 Å². The number of H-pyrrole nitrogens is 1. The molecular formula is C45H73N2+. The van der Waals surface area contributed by atoms with Crippen LogP contribution < -0.4 is 4.57 Å². The van der Waals surface area contributed by atoms with Crippen LogP contribution in [0.4, 0.5) is 0 Å². The Kier molecular flexibility index (Phi) is 20.6. The Morgan fingerprint density at radius 3 is 1.51 bits per heavy atom. The molecular weight excluding hydrogens is 569 g/mol. The fourth-order valence-electron chi connectivity index (χ4n) is 7.85. The lowest BCUT2D eigenvalue weighted by Crippen LogP contribution is -2.43. The lowest BCUT2D eigenvalue weighted by molar-refractivity contribution is -0.705. The number of benzene rings is 2. The van der Waals surface area contributed by atoms with Gasteiger partial charge >= 0.3 is 0 Å². The lowest BCUT2D eigenvalue weighted by atomic mass is 9.66. The highest BCUT2D eigenvalue weighted by Gasteiger charge is 2.41. The third kappa shape index (κ3) is 15.2. The fraction of sp³-hybridized carbons (Fsp3) is 0.667. The molecule has 47 heavy (non-hydrogen) atoms. The van der Waals surface area contributed by atoms with Gasteiger partial charge in [0.05, 0.1) is 12.5 Å². The van der Waals surface area contributed by atoms with Crippen molar-refractivity contribution in [2.75, 3.05) is 0 Å². The fourth-order valence-corrected chi connectivity index (χ4v) is 7.85. The van der Waals surface area contributed by atoms with Crippen molar-refractivity contribution < 1.29 is 4.57 Å². The summed E-state index contributed by atoms with van der Waals surface area (Å²) in [6, 6.07) is 22.6. The molecule has 0 amide bonds. The number of nitrogens with zero attached hydrogens (tertiary/aromatic N) is 1. The molecule has 2 unspecified atom stereocenters. The first kappa shape index (κ1) is 39.1. The van der Waals surface area contributed by atoms with E-state index in [0.717, 1.165) is 13.0 Å². The Balaban J connectivity index is 1.62. The second-order valence-electron chi connectivity index (χ2n) is 14.9. The zero-order valence-electron chi connectivity index (χ0n) is 31.1. The number of aromatic amines is 1. The highest BCUT2D eigenvalue weighted by Crippen LogP contribution is 2.43. The van der Waals surface area contributed by atoms with Crippen molar-refractivity contribution in [3.8, 4) is 0 Å². The van der Waals surface area contributed by atoms with Crippen LogP contribution in [0.2, 0.25) is 0 Å². The summed E-state index contributed by atoms with van der Waals surface area (Å²) in [4.78, 5) is 3.81. The summed E-state index contributed by atoms with van der Waals surface area (Å²) in [6.45, 7) is 8.29. The minimum absolute atomic E-state index is 0.00480. The zero-order chi connectivity index (χ0) is 33.3. The molecule has 2 nitrogen and oxygen atoms in total. The predicted molar refractivity (Wildman–Crippen MR) is 205 cm³/mol. The summed E-state index contributed by atoms with van der Waals surface area (Å²) in [7, 11) is 0. The van der Waals surface area contributed by atoms with Crippen molar-refractivity contribution in [1.29, 1.82) is 0 Å². The minimum Gasteiger partial charge on any atom is -0.247 e. The van der Waals surface area contributed by atoms with Crippen molar-refractivity contribution in [2.45, 2.75) is 193 Å². The highest BCUT2D eigenvalue weighted by molar-refractivity contribution is 5.32. The third-order valence-electron chi connectivity index (χ3n) is 10.8. The molecule has 262 valence electrons. The van der Waals surface area contributed by atoms with Crippen molar-refractivity contribution in [3.05, 3.63) is 90.0 Å². The second kappa shape index (κ2) is 24.7. The zero-order valence-corrected chi connectivity index (χ0v) is 31.1. The van der Waals surface area contributed by atoms with E-state index in [1.165, 1.54) is 165 Å². The van der Waals surface area contributed by atoms with E-state index in [4.69, 9.17) is 0 Å². The average Bonchev–Trinajstić information content (AvgIpc) is 3.56. The molecule has 0 saturated carbocycles. The highest BCUT2D eigenvalue weighted by atomic mass is 15.1. The number of rotatable bonds is 29. The number of nitrogens with one attached hydrogen (secondary N) is 1. The SMILES string of the molecule is CCCCCCCCCCCCCC(c1[nH]cc[n+]1CCCCCCCCCCCCC)C(C)(Cc1ccccc1)c1ccccc1. The smallest absolute Gasteiger partial charge is 0.247 e. The molecule has 2 atom stereocenters. The normalized spacial score (nSPS) is 13.5. The van der Waals surface area contributed by atoms with Gasteiger partial charge in [-0.2, -0.15) is 0 Å². The van der Waals surface area contributed by atoms with E-state index in [2.05, 4.69) is 103 Å². The summed E-state index contributed by atoms with van der Waals surface area (Å²) in [5.74, 6) is 1.87. The molecule has 2 aromatic carbocycles. The van der Waals surface area contributed by atoms with Crippen LogP contribution in [0, 0.1) is 0 Å². The van der Waals surface area contributed by atoms with Crippen LogP contribution in [-0.2, 0) is 18.4 Å². The molecule has 3 rings (SSSR count). The maximum atomic E-state index is 3.81. The number of hydrogen-bond acceptors (Lipinski definition) is 0. The van der Waals surface area contributed by atoms with Crippen LogP contribution in [0.25, 0.3) is 0 Å². The Morgan fingerprint density at radius 2 is 1.00 bits per heavy atom. The molecule has 0 bridgehead atoms. The summed E-state index contributed by atoms with van der Waals surface area (Å²) >= 11 is 0. The molecule has 0 fully saturated rings. The Morgan fingerprint density at radius 1 is 0.553 bits per heavy atom. The van der Waals surface area contributed by atoms with Gasteiger partial charge in [-0.05, 0) is 36.8 Å². The summed E-state index contributed by atoms with van der Waals surface area (Å²) < 4.78 is 2.59. The van der Waals surface area contributed by atoms with Gasteiger partial charge in [-0.15, -0.1) is 0 Å². The standard InChI is InChI=1S/C45H72N2/c1-4-6-8-10-12-14-16-18-20-22-30-36-43(45(3,42-34-28-25-29-35-42)40-41-32-26-24-27-33-41)44-46-37-39-47(44)38-31-23-21-19-17-15-13-11-9-7-5-2/h24-29,32-35,37,39,43H,4-23,30-31,36,38,40H2,1-3H3/p+1. The molecule has 0 aliphatic carbocycles. The van der Waals surface area contributed by atoms with Crippen LogP contribution in [0.5, 0.6) is 0 Å². The molecule has 1 aromatic heterocycles. The molecule has 1 N–H and O–H groups in total. The van der Waals surface area contributed by atoms with Crippen molar-refractivity contribution in [3.63, 3.8) is 0 Å². The van der Waals surface area contributed by atoms with Gasteiger partial charge in [-0.25, -0.2) is 9.55 Å². The van der Waals surface area contributed by atoms with Gasteiger partial charge < -0.3 is 0 Å². The van der Waals surface area contributed by atoms with E-state index in [9.17, 15) is 0 Å². The molecule has 1 heterocycles. The van der Waals surface area contributed by atoms with E-state index in [-0.39, 0.29) is 5.41 Å². The van der Waals surface area contributed by atoms with Gasteiger partial charge in [0, 0.05) is 5.41 Å². The number of hydrogen-bond donors (Lipinski definition) is 1. The van der Waals surface area contributed by atoms with E-state index >= 15 is 0 Å². The van der Waals surface area contributed by atoms with Gasteiger partial charge in [0.2, 0.25) is 0 Å². The maximum absolute atomic E-state index is 3.81. The quantitative estimate of drug-likeness (QED) is 0.0575. The molecule has 3 aromatic rings. The van der Waals surface area contributed by atoms with Crippen molar-refractivity contribution in [1.82, 2.24) is 4.98 Å². The number of aryl methyl sites for hydroxylation is 1. The first-order valence-electron chi connectivity index (χ1n) is 20.3. The molecule has 0 saturated heterocycles. The molecule has 0 spiro atoms. The average molecular weight is 642 g/mol. The van der Waals surface area contributed by atoms with E-state index in [1.54, 1.807) is 0 Å². The summed E-state index contributed by atoms with van der Waals surface area (Å²) in [5, 5.41) is 0. The largest absolute Gasteiger partial charge is 0.258 e. The first-order chi connectivity index (χ1) is 23.2. The number of unbranched alkanes of at least 4 members (excludes halogenated alkanes) is 20. The van der Waals surface area contributed by atoms with Crippen LogP contribution in [0.3, 0.4) is 0 Å². The molecule has 0 aliphatic rings. The van der Waals surface area contributed by atoms with Gasteiger partial charge in [-0.1, -0.05) is 210 Å². The topological polar surface area (TPSA) is 19.7 Å². The molecule has 2 heteroatoms. The Labute approximate surface area is 291 Å². The minimum atomic E-state index is 0.00480.